The zero-order valence-corrected chi connectivity index (χ0v) is 15.3. The van der Waals surface area contributed by atoms with Gasteiger partial charge in [-0.25, -0.2) is 0 Å². The number of carbonyl (C=O) groups is 2. The summed E-state index contributed by atoms with van der Waals surface area (Å²) in [4.78, 5) is 30.4. The molecule has 4 rings (SSSR count). The van der Waals surface area contributed by atoms with E-state index in [9.17, 15) is 9.59 Å². The van der Waals surface area contributed by atoms with Crippen LogP contribution >= 0.6 is 0 Å². The molecule has 2 atom stereocenters. The van der Waals surface area contributed by atoms with Gasteiger partial charge in [0.25, 0.3) is 5.91 Å². The molecule has 0 aromatic heterocycles. The Hall–Kier alpha value is -2.62. The van der Waals surface area contributed by atoms with Gasteiger partial charge in [0.1, 0.15) is 0 Å². The minimum absolute atomic E-state index is 0.0451. The third-order valence-electron chi connectivity index (χ3n) is 5.78. The summed E-state index contributed by atoms with van der Waals surface area (Å²) in [5, 5.41) is 0. The SMILES string of the molecule is CCN(CC)C(=O)C1c2ccccc2C(=O)N2CCc3ccccc3C12. The number of nitrogens with zero attached hydrogens (tertiary/aromatic N) is 2. The first-order valence-electron chi connectivity index (χ1n) is 9.43. The van der Waals surface area contributed by atoms with E-state index >= 15 is 0 Å². The predicted molar refractivity (Wildman–Crippen MR) is 101 cm³/mol. The lowest BCUT2D eigenvalue weighted by atomic mass is 9.75. The molecular formula is C22H24N2O2. The third-order valence-corrected chi connectivity index (χ3v) is 5.78. The topological polar surface area (TPSA) is 40.6 Å². The lowest BCUT2D eigenvalue weighted by Crippen LogP contribution is -2.50. The zero-order chi connectivity index (χ0) is 18.3. The van der Waals surface area contributed by atoms with Gasteiger partial charge in [0, 0.05) is 25.2 Å². The summed E-state index contributed by atoms with van der Waals surface area (Å²) in [5.74, 6) is -0.185. The van der Waals surface area contributed by atoms with Gasteiger partial charge in [-0.3, -0.25) is 9.59 Å². The molecule has 0 spiro atoms. The number of benzene rings is 2. The summed E-state index contributed by atoms with van der Waals surface area (Å²) in [5.41, 5.74) is 3.91. The smallest absolute Gasteiger partial charge is 0.254 e. The molecule has 0 radical (unpaired) electrons. The van der Waals surface area contributed by atoms with Crippen LogP contribution in [0.4, 0.5) is 0 Å². The molecule has 4 nitrogen and oxygen atoms in total. The van der Waals surface area contributed by atoms with E-state index in [1.165, 1.54) is 5.56 Å². The molecule has 2 amide bonds. The number of amides is 2. The first-order chi connectivity index (χ1) is 12.7. The van der Waals surface area contributed by atoms with Gasteiger partial charge in [0.05, 0.1) is 12.0 Å². The van der Waals surface area contributed by atoms with Crippen LogP contribution in [0.3, 0.4) is 0 Å². The second kappa shape index (κ2) is 6.60. The molecule has 4 heteroatoms. The lowest BCUT2D eigenvalue weighted by molar-refractivity contribution is -0.134. The van der Waals surface area contributed by atoms with E-state index in [1.807, 2.05) is 60.0 Å². The van der Waals surface area contributed by atoms with Crippen molar-refractivity contribution in [3.05, 3.63) is 70.8 Å². The normalized spacial score (nSPS) is 20.8. The van der Waals surface area contributed by atoms with E-state index in [0.29, 0.717) is 25.2 Å². The van der Waals surface area contributed by atoms with Crippen LogP contribution in [-0.2, 0) is 11.2 Å². The molecule has 0 saturated carbocycles. The maximum absolute atomic E-state index is 13.5. The summed E-state index contributed by atoms with van der Waals surface area (Å²) < 4.78 is 0. The maximum Gasteiger partial charge on any atom is 0.254 e. The number of carbonyl (C=O) groups excluding carboxylic acids is 2. The highest BCUT2D eigenvalue weighted by atomic mass is 16.2. The number of hydrogen-bond donors (Lipinski definition) is 0. The van der Waals surface area contributed by atoms with Crippen LogP contribution < -0.4 is 0 Å². The molecule has 0 saturated heterocycles. The number of rotatable bonds is 3. The Morgan fingerprint density at radius 1 is 1.04 bits per heavy atom. The molecule has 2 aliphatic rings. The van der Waals surface area contributed by atoms with Crippen molar-refractivity contribution in [3.63, 3.8) is 0 Å². The van der Waals surface area contributed by atoms with Crippen LogP contribution in [0.2, 0.25) is 0 Å². The standard InChI is InChI=1S/C22H24N2O2/c1-3-23(4-2)22(26)19-17-11-7-8-12-18(17)21(25)24-14-13-15-9-5-6-10-16(15)20(19)24/h5-12,19-20H,3-4,13-14H2,1-2H3. The first-order valence-corrected chi connectivity index (χ1v) is 9.43. The van der Waals surface area contributed by atoms with Crippen LogP contribution in [0.5, 0.6) is 0 Å². The molecule has 0 bridgehead atoms. The van der Waals surface area contributed by atoms with Crippen LogP contribution in [-0.4, -0.2) is 41.2 Å². The highest BCUT2D eigenvalue weighted by Crippen LogP contribution is 2.46. The average Bonchev–Trinajstić information content (AvgIpc) is 2.69. The molecular weight excluding hydrogens is 324 g/mol. The Kier molecular flexibility index (Phi) is 4.27. The fourth-order valence-corrected chi connectivity index (χ4v) is 4.47. The monoisotopic (exact) mass is 348 g/mol. The van der Waals surface area contributed by atoms with Gasteiger partial charge in [-0.05, 0) is 43.0 Å². The number of hydrogen-bond acceptors (Lipinski definition) is 2. The third kappa shape index (κ3) is 2.44. The molecule has 0 N–H and O–H groups in total. The molecule has 26 heavy (non-hydrogen) atoms. The zero-order valence-electron chi connectivity index (χ0n) is 15.3. The highest BCUT2D eigenvalue weighted by Gasteiger charge is 2.46. The van der Waals surface area contributed by atoms with Gasteiger partial charge in [-0.2, -0.15) is 0 Å². The Morgan fingerprint density at radius 2 is 1.69 bits per heavy atom. The van der Waals surface area contributed by atoms with E-state index in [4.69, 9.17) is 0 Å². The van der Waals surface area contributed by atoms with Crippen molar-refractivity contribution < 1.29 is 9.59 Å². The predicted octanol–water partition coefficient (Wildman–Crippen LogP) is 3.39. The van der Waals surface area contributed by atoms with Crippen LogP contribution in [0.25, 0.3) is 0 Å². The Bertz CT molecular complexity index is 857. The fraction of sp³-hybridized carbons (Fsp3) is 0.364. The van der Waals surface area contributed by atoms with Gasteiger partial charge >= 0.3 is 0 Å². The maximum atomic E-state index is 13.5. The summed E-state index contributed by atoms with van der Waals surface area (Å²) >= 11 is 0. The van der Waals surface area contributed by atoms with Crippen LogP contribution in [0, 0.1) is 0 Å². The molecule has 2 heterocycles. The second-order valence-corrected chi connectivity index (χ2v) is 6.97. The molecule has 0 aliphatic carbocycles. The molecule has 134 valence electrons. The molecule has 2 aromatic carbocycles. The van der Waals surface area contributed by atoms with Crippen molar-refractivity contribution >= 4 is 11.8 Å². The summed E-state index contributed by atoms with van der Waals surface area (Å²) in [7, 11) is 0. The lowest BCUT2D eigenvalue weighted by Gasteiger charge is -2.46. The molecule has 0 fully saturated rings. The largest absolute Gasteiger partial charge is 0.343 e. The highest BCUT2D eigenvalue weighted by molar-refractivity contribution is 6.01. The van der Waals surface area contributed by atoms with Crippen molar-refractivity contribution in [1.29, 1.82) is 0 Å². The second-order valence-electron chi connectivity index (χ2n) is 6.97. The molecule has 2 aromatic rings. The molecule has 2 unspecified atom stereocenters. The first kappa shape index (κ1) is 16.8. The summed E-state index contributed by atoms with van der Waals surface area (Å²) in [6.07, 6.45) is 0.840. The number of likely N-dealkylation sites (N-methyl/N-ethyl adjacent to an activating group) is 1. The van der Waals surface area contributed by atoms with E-state index in [2.05, 4.69) is 12.1 Å². The van der Waals surface area contributed by atoms with Gasteiger partial charge in [0.15, 0.2) is 0 Å². The minimum Gasteiger partial charge on any atom is -0.343 e. The quantitative estimate of drug-likeness (QED) is 0.853. The minimum atomic E-state index is -0.342. The van der Waals surface area contributed by atoms with Gasteiger partial charge in [-0.1, -0.05) is 42.5 Å². The Labute approximate surface area is 154 Å². The van der Waals surface area contributed by atoms with E-state index in [-0.39, 0.29) is 23.8 Å². The van der Waals surface area contributed by atoms with Gasteiger partial charge in [-0.15, -0.1) is 0 Å². The molecule has 2 aliphatic heterocycles. The van der Waals surface area contributed by atoms with Crippen molar-refractivity contribution in [2.24, 2.45) is 0 Å². The van der Waals surface area contributed by atoms with E-state index < -0.39 is 0 Å². The van der Waals surface area contributed by atoms with Crippen molar-refractivity contribution in [2.75, 3.05) is 19.6 Å². The number of fused-ring (bicyclic) bond motifs is 4. The summed E-state index contributed by atoms with van der Waals surface area (Å²) in [6.45, 7) is 6.03. The van der Waals surface area contributed by atoms with Gasteiger partial charge in [0.2, 0.25) is 5.91 Å². The van der Waals surface area contributed by atoms with Crippen LogP contribution in [0.1, 0.15) is 52.9 Å². The average molecular weight is 348 g/mol. The Morgan fingerprint density at radius 3 is 2.42 bits per heavy atom. The Balaban J connectivity index is 1.92. The van der Waals surface area contributed by atoms with Crippen LogP contribution in [0.15, 0.2) is 48.5 Å². The van der Waals surface area contributed by atoms with Gasteiger partial charge < -0.3 is 9.80 Å². The fourth-order valence-electron chi connectivity index (χ4n) is 4.47. The van der Waals surface area contributed by atoms with Crippen molar-refractivity contribution in [1.82, 2.24) is 9.80 Å². The van der Waals surface area contributed by atoms with Crippen molar-refractivity contribution in [2.45, 2.75) is 32.2 Å². The van der Waals surface area contributed by atoms with Crippen molar-refractivity contribution in [3.8, 4) is 0 Å². The summed E-state index contributed by atoms with van der Waals surface area (Å²) in [6, 6.07) is 15.7. The van der Waals surface area contributed by atoms with E-state index in [0.717, 1.165) is 17.5 Å². The van der Waals surface area contributed by atoms with E-state index in [1.54, 1.807) is 0 Å².